The van der Waals surface area contributed by atoms with Gasteiger partial charge in [0, 0.05) is 19.6 Å². The number of hydrogen-bond donors (Lipinski definition) is 0. The third-order valence-corrected chi connectivity index (χ3v) is 4.80. The number of hydrogen-bond acceptors (Lipinski definition) is 5. The van der Waals surface area contributed by atoms with Crippen LogP contribution in [0.25, 0.3) is 10.3 Å². The van der Waals surface area contributed by atoms with Crippen LogP contribution in [-0.2, 0) is 17.9 Å². The van der Waals surface area contributed by atoms with E-state index in [4.69, 9.17) is 12.2 Å². The highest BCUT2D eigenvalue weighted by atomic mass is 32.1. The molecule has 118 valence electrons. The number of carbonyl (C=O) groups excluding carboxylic acids is 1. The van der Waals surface area contributed by atoms with Gasteiger partial charge < -0.3 is 9.47 Å². The van der Waals surface area contributed by atoms with Crippen LogP contribution in [-0.4, -0.2) is 38.0 Å². The van der Waals surface area contributed by atoms with Gasteiger partial charge in [0.2, 0.25) is 5.91 Å². The molecule has 0 fully saturated rings. The van der Waals surface area contributed by atoms with Gasteiger partial charge in [-0.1, -0.05) is 17.4 Å². The third-order valence-electron chi connectivity index (χ3n) is 3.38. The molecule has 0 aliphatic carbocycles. The molecule has 2 rings (SSSR count). The Kier molecular flexibility index (Phi) is 5.25. The van der Waals surface area contributed by atoms with Gasteiger partial charge in [-0.3, -0.25) is 14.2 Å². The number of rotatable bonds is 6. The second kappa shape index (κ2) is 6.97. The van der Waals surface area contributed by atoms with Crippen molar-refractivity contribution in [3.63, 3.8) is 0 Å². The minimum absolute atomic E-state index is 0.00439. The maximum atomic E-state index is 12.5. The summed E-state index contributed by atoms with van der Waals surface area (Å²) in [5.41, 5.74) is 0.316. The first-order chi connectivity index (χ1) is 10.5. The number of nitrogens with zero attached hydrogens (tertiary/aromatic N) is 4. The number of carbonyl (C=O) groups is 1. The lowest BCUT2D eigenvalue weighted by Gasteiger charge is -2.18. The smallest absolute Gasteiger partial charge is 0.273 e. The number of fused-ring (bicyclic) bond motifs is 1. The Morgan fingerprint density at radius 3 is 2.77 bits per heavy atom. The predicted octanol–water partition coefficient (Wildman–Crippen LogP) is 2.04. The summed E-state index contributed by atoms with van der Waals surface area (Å²) in [5, 5.41) is 0. The maximum absolute atomic E-state index is 12.5. The number of amides is 1. The van der Waals surface area contributed by atoms with E-state index < -0.39 is 0 Å². The van der Waals surface area contributed by atoms with Gasteiger partial charge in [-0.05, 0) is 26.1 Å². The molecule has 0 bridgehead atoms. The lowest BCUT2D eigenvalue weighted by molar-refractivity contribution is -0.131. The molecule has 0 saturated heterocycles. The van der Waals surface area contributed by atoms with Gasteiger partial charge in [0.05, 0.1) is 0 Å². The van der Waals surface area contributed by atoms with E-state index in [9.17, 15) is 9.59 Å². The topological polar surface area (TPSA) is 60.1 Å². The molecule has 0 saturated carbocycles. The number of allylic oxidation sites excluding steroid dienone is 1. The van der Waals surface area contributed by atoms with Crippen LogP contribution in [0.4, 0.5) is 0 Å². The average molecular weight is 338 g/mol. The fourth-order valence-electron chi connectivity index (χ4n) is 2.20. The normalized spacial score (nSPS) is 10.8. The second-order valence-corrected chi connectivity index (χ2v) is 6.31. The molecule has 2 aromatic rings. The van der Waals surface area contributed by atoms with E-state index >= 15 is 0 Å². The van der Waals surface area contributed by atoms with E-state index in [-0.39, 0.29) is 18.0 Å². The van der Waals surface area contributed by atoms with Crippen molar-refractivity contribution in [2.45, 2.75) is 26.9 Å². The van der Waals surface area contributed by atoms with Crippen LogP contribution in [0, 0.1) is 3.95 Å². The van der Waals surface area contributed by atoms with Gasteiger partial charge in [0.25, 0.3) is 5.56 Å². The van der Waals surface area contributed by atoms with Crippen LogP contribution >= 0.6 is 23.6 Å². The van der Waals surface area contributed by atoms with Crippen LogP contribution in [0.1, 0.15) is 13.8 Å². The molecule has 0 atom stereocenters. The van der Waals surface area contributed by atoms with Crippen molar-refractivity contribution >= 4 is 39.8 Å². The molecule has 0 aromatic carbocycles. The summed E-state index contributed by atoms with van der Waals surface area (Å²) in [6.45, 7) is 9.24. The Morgan fingerprint density at radius 1 is 1.50 bits per heavy atom. The van der Waals surface area contributed by atoms with E-state index in [0.717, 1.165) is 0 Å². The first-order valence-corrected chi connectivity index (χ1v) is 8.23. The highest BCUT2D eigenvalue weighted by molar-refractivity contribution is 7.73. The predicted molar refractivity (Wildman–Crippen MR) is 90.8 cm³/mol. The zero-order valence-electron chi connectivity index (χ0n) is 12.6. The Bertz CT molecular complexity index is 814. The van der Waals surface area contributed by atoms with Gasteiger partial charge in [-0.2, -0.15) is 0 Å². The molecule has 8 heteroatoms. The van der Waals surface area contributed by atoms with E-state index in [0.29, 0.717) is 33.9 Å². The highest BCUT2D eigenvalue weighted by Crippen LogP contribution is 2.17. The first kappa shape index (κ1) is 16.6. The Labute approximate surface area is 137 Å². The SMILES string of the molecule is C=CCn1c(=S)sc2c(=O)n(CC(=O)N(CC)CC)cnc21. The largest absolute Gasteiger partial charge is 0.342 e. The second-order valence-electron chi connectivity index (χ2n) is 4.66. The van der Waals surface area contributed by atoms with Crippen molar-refractivity contribution in [1.29, 1.82) is 0 Å². The van der Waals surface area contributed by atoms with Crippen LogP contribution < -0.4 is 5.56 Å². The third kappa shape index (κ3) is 3.02. The van der Waals surface area contributed by atoms with Gasteiger partial charge in [0.15, 0.2) is 9.60 Å². The lowest BCUT2D eigenvalue weighted by Crippen LogP contribution is -2.36. The molecule has 0 aliphatic heterocycles. The quantitative estimate of drug-likeness (QED) is 0.597. The van der Waals surface area contributed by atoms with E-state index in [1.54, 1.807) is 15.5 Å². The Balaban J connectivity index is 2.44. The zero-order valence-corrected chi connectivity index (χ0v) is 14.2. The molecule has 2 heterocycles. The summed E-state index contributed by atoms with van der Waals surface area (Å²) in [4.78, 5) is 30.6. The van der Waals surface area contributed by atoms with Crippen molar-refractivity contribution in [3.05, 3.63) is 33.3 Å². The summed E-state index contributed by atoms with van der Waals surface area (Å²) in [7, 11) is 0. The van der Waals surface area contributed by atoms with Crippen molar-refractivity contribution in [3.8, 4) is 0 Å². The zero-order chi connectivity index (χ0) is 16.3. The summed E-state index contributed by atoms with van der Waals surface area (Å²) in [6, 6.07) is 0. The molecule has 6 nitrogen and oxygen atoms in total. The van der Waals surface area contributed by atoms with Gasteiger partial charge in [0.1, 0.15) is 17.6 Å². The number of thiazole rings is 1. The standard InChI is InChI=1S/C14H18N4O2S2/c1-4-7-18-12-11(22-14(18)21)13(20)17(9-15-12)8-10(19)16(5-2)6-3/h4,9H,1,5-8H2,2-3H3. The molecular weight excluding hydrogens is 320 g/mol. The molecule has 22 heavy (non-hydrogen) atoms. The van der Waals surface area contributed by atoms with E-state index in [1.807, 2.05) is 13.8 Å². The minimum atomic E-state index is -0.232. The average Bonchev–Trinajstić information content (AvgIpc) is 2.81. The summed E-state index contributed by atoms with van der Waals surface area (Å²) in [6.07, 6.45) is 3.12. The number of likely N-dealkylation sites (N-methyl/N-ethyl adjacent to an activating group) is 1. The lowest BCUT2D eigenvalue weighted by atomic mass is 10.4. The molecular formula is C14H18N4O2S2. The molecule has 0 spiro atoms. The Hall–Kier alpha value is -1.80. The summed E-state index contributed by atoms with van der Waals surface area (Å²) < 4.78 is 4.15. The molecule has 2 aromatic heterocycles. The number of aromatic nitrogens is 3. The monoisotopic (exact) mass is 338 g/mol. The van der Waals surface area contributed by atoms with Crippen LogP contribution in [0.15, 0.2) is 23.8 Å². The molecule has 0 aliphatic rings. The van der Waals surface area contributed by atoms with Gasteiger partial charge in [-0.15, -0.1) is 6.58 Å². The summed E-state index contributed by atoms with van der Waals surface area (Å²) >= 11 is 6.47. The van der Waals surface area contributed by atoms with Crippen molar-refractivity contribution in [1.82, 2.24) is 19.0 Å². The molecule has 0 radical (unpaired) electrons. The molecule has 1 amide bonds. The van der Waals surface area contributed by atoms with Crippen molar-refractivity contribution < 1.29 is 4.79 Å². The minimum Gasteiger partial charge on any atom is -0.342 e. The first-order valence-electron chi connectivity index (χ1n) is 7.00. The Morgan fingerprint density at radius 2 is 2.18 bits per heavy atom. The van der Waals surface area contributed by atoms with Crippen molar-refractivity contribution in [2.75, 3.05) is 13.1 Å². The summed E-state index contributed by atoms with van der Waals surface area (Å²) in [5.74, 6) is -0.0950. The van der Waals surface area contributed by atoms with Gasteiger partial charge >= 0.3 is 0 Å². The fourth-order valence-corrected chi connectivity index (χ4v) is 3.51. The molecule has 0 unspecified atom stereocenters. The maximum Gasteiger partial charge on any atom is 0.273 e. The van der Waals surface area contributed by atoms with Crippen molar-refractivity contribution in [2.24, 2.45) is 0 Å². The molecule has 0 N–H and O–H groups in total. The van der Waals surface area contributed by atoms with Crippen LogP contribution in [0.2, 0.25) is 0 Å². The van der Waals surface area contributed by atoms with Crippen LogP contribution in [0.5, 0.6) is 0 Å². The fraction of sp³-hybridized carbons (Fsp3) is 0.429. The van der Waals surface area contributed by atoms with E-state index in [2.05, 4.69) is 11.6 Å². The van der Waals surface area contributed by atoms with Gasteiger partial charge in [-0.25, -0.2) is 4.98 Å². The van der Waals surface area contributed by atoms with Crippen LogP contribution in [0.3, 0.4) is 0 Å². The van der Waals surface area contributed by atoms with E-state index in [1.165, 1.54) is 22.2 Å². The highest BCUT2D eigenvalue weighted by Gasteiger charge is 2.15.